The van der Waals surface area contributed by atoms with Gasteiger partial charge in [0, 0.05) is 12.7 Å². The van der Waals surface area contributed by atoms with Gasteiger partial charge in [-0.15, -0.1) is 0 Å². The molecule has 0 spiro atoms. The van der Waals surface area contributed by atoms with Crippen molar-refractivity contribution in [2.45, 2.75) is 6.18 Å². The van der Waals surface area contributed by atoms with E-state index in [4.69, 9.17) is 10.9 Å². The van der Waals surface area contributed by atoms with Gasteiger partial charge in [-0.05, 0) is 15.9 Å². The third kappa shape index (κ3) is 4.27. The molecule has 0 aromatic carbocycles. The van der Waals surface area contributed by atoms with E-state index < -0.39 is 19.3 Å². The second kappa shape index (κ2) is 6.16. The van der Waals surface area contributed by atoms with Crippen LogP contribution in [0.15, 0.2) is 10.7 Å². The van der Waals surface area contributed by atoms with E-state index in [1.807, 2.05) is 0 Å². The highest BCUT2D eigenvalue weighted by Crippen LogP contribution is 2.27. The van der Waals surface area contributed by atoms with Crippen molar-refractivity contribution in [3.05, 3.63) is 10.7 Å². The number of rotatable bonds is 5. The number of nitrogens with two attached hydrogens (primary N) is 1. The molecule has 0 bridgehead atoms. The summed E-state index contributed by atoms with van der Waals surface area (Å²) >= 11 is 3.05. The predicted octanol–water partition coefficient (Wildman–Crippen LogP) is 0.886. The molecule has 0 saturated heterocycles. The summed E-state index contributed by atoms with van der Waals surface area (Å²) in [6.07, 6.45) is -3.13. The third-order valence-electron chi connectivity index (χ3n) is 1.89. The highest BCUT2D eigenvalue weighted by molar-refractivity contribution is 9.10. The van der Waals surface area contributed by atoms with Crippen LogP contribution >= 0.6 is 15.9 Å². The van der Waals surface area contributed by atoms with Crippen LogP contribution in [0.25, 0.3) is 0 Å². The number of aliphatic hydroxyl groups excluding tert-OH is 1. The second-order valence-electron chi connectivity index (χ2n) is 3.27. The first-order valence-corrected chi connectivity index (χ1v) is 5.58. The van der Waals surface area contributed by atoms with Crippen LogP contribution in [0.4, 0.5) is 24.9 Å². The minimum atomic E-state index is -4.41. The van der Waals surface area contributed by atoms with E-state index in [0.717, 1.165) is 4.90 Å². The summed E-state index contributed by atoms with van der Waals surface area (Å²) in [7, 11) is 0. The van der Waals surface area contributed by atoms with Crippen molar-refractivity contribution in [3.8, 4) is 0 Å². The Kier molecular flexibility index (Phi) is 5.11. The van der Waals surface area contributed by atoms with Gasteiger partial charge in [0.2, 0.25) is 5.95 Å². The molecular formula is C8H11BrF3N5O. The molecule has 102 valence electrons. The molecule has 0 fully saturated rings. The molecule has 4 N–H and O–H groups in total. The molecule has 10 heteroatoms. The minimum absolute atomic E-state index is 0.00400. The molecule has 0 amide bonds. The number of hydrogen-bond donors (Lipinski definition) is 3. The Labute approximate surface area is 109 Å². The van der Waals surface area contributed by atoms with E-state index in [9.17, 15) is 13.2 Å². The van der Waals surface area contributed by atoms with Crippen LogP contribution in [0.1, 0.15) is 0 Å². The van der Waals surface area contributed by atoms with Crippen molar-refractivity contribution in [2.75, 3.05) is 30.0 Å². The normalized spacial score (nSPS) is 11.4. The number of alkyl halides is 3. The van der Waals surface area contributed by atoms with Crippen LogP contribution in [-0.2, 0) is 0 Å². The van der Waals surface area contributed by atoms with E-state index in [1.54, 1.807) is 0 Å². The van der Waals surface area contributed by atoms with Gasteiger partial charge in [-0.2, -0.15) is 18.2 Å². The van der Waals surface area contributed by atoms with Gasteiger partial charge in [-0.3, -0.25) is 5.43 Å². The highest BCUT2D eigenvalue weighted by atomic mass is 79.9. The lowest BCUT2D eigenvalue weighted by molar-refractivity contribution is -0.120. The lowest BCUT2D eigenvalue weighted by Gasteiger charge is -2.25. The number of nitrogens with one attached hydrogen (secondary N) is 1. The first-order valence-electron chi connectivity index (χ1n) is 4.79. The Morgan fingerprint density at radius 3 is 2.67 bits per heavy atom. The Bertz CT molecular complexity index is 403. The number of aliphatic hydroxyl groups is 1. The summed E-state index contributed by atoms with van der Waals surface area (Å²) in [5, 5.41) is 8.80. The molecule has 1 heterocycles. The SMILES string of the molecule is NNc1ncc(Br)c(N(CCO)CC(F)(F)F)n1. The van der Waals surface area contributed by atoms with E-state index in [2.05, 4.69) is 31.3 Å². The molecule has 0 aliphatic carbocycles. The number of hydrazine groups is 1. The third-order valence-corrected chi connectivity index (χ3v) is 2.45. The van der Waals surface area contributed by atoms with E-state index >= 15 is 0 Å². The summed E-state index contributed by atoms with van der Waals surface area (Å²) in [5.41, 5.74) is 2.14. The summed E-state index contributed by atoms with van der Waals surface area (Å²) < 4.78 is 37.5. The van der Waals surface area contributed by atoms with Crippen molar-refractivity contribution in [1.29, 1.82) is 0 Å². The second-order valence-corrected chi connectivity index (χ2v) is 4.12. The van der Waals surface area contributed by atoms with Crippen LogP contribution in [0, 0.1) is 0 Å². The molecule has 0 aliphatic rings. The van der Waals surface area contributed by atoms with Crippen molar-refractivity contribution in [3.63, 3.8) is 0 Å². The van der Waals surface area contributed by atoms with Crippen LogP contribution in [0.2, 0.25) is 0 Å². The zero-order valence-corrected chi connectivity index (χ0v) is 10.7. The molecule has 6 nitrogen and oxygen atoms in total. The van der Waals surface area contributed by atoms with Gasteiger partial charge in [0.15, 0.2) is 0 Å². The molecule has 0 aliphatic heterocycles. The smallest absolute Gasteiger partial charge is 0.395 e. The van der Waals surface area contributed by atoms with Crippen molar-refractivity contribution >= 4 is 27.7 Å². The Morgan fingerprint density at radius 2 is 2.17 bits per heavy atom. The minimum Gasteiger partial charge on any atom is -0.395 e. The average Bonchev–Trinajstić information content (AvgIpc) is 2.27. The monoisotopic (exact) mass is 329 g/mol. The fourth-order valence-corrected chi connectivity index (χ4v) is 1.69. The molecule has 1 aromatic rings. The topological polar surface area (TPSA) is 87.3 Å². The number of halogens is 4. The fourth-order valence-electron chi connectivity index (χ4n) is 1.25. The number of nitrogen functional groups attached to an aromatic ring is 1. The largest absolute Gasteiger partial charge is 0.405 e. The Balaban J connectivity index is 3.04. The van der Waals surface area contributed by atoms with Gasteiger partial charge in [0.05, 0.1) is 11.1 Å². The first-order chi connectivity index (χ1) is 8.37. The van der Waals surface area contributed by atoms with Gasteiger partial charge >= 0.3 is 6.18 Å². The average molecular weight is 330 g/mol. The lowest BCUT2D eigenvalue weighted by atomic mass is 10.4. The first kappa shape index (κ1) is 14.9. The number of nitrogens with zero attached hydrogens (tertiary/aromatic N) is 3. The molecule has 0 radical (unpaired) electrons. The summed E-state index contributed by atoms with van der Waals surface area (Å²) in [6.45, 7) is -1.87. The molecule has 18 heavy (non-hydrogen) atoms. The predicted molar refractivity (Wildman–Crippen MR) is 62.9 cm³/mol. The zero-order valence-electron chi connectivity index (χ0n) is 9.08. The molecule has 1 aromatic heterocycles. The fraction of sp³-hybridized carbons (Fsp3) is 0.500. The van der Waals surface area contributed by atoms with E-state index in [1.165, 1.54) is 6.20 Å². The van der Waals surface area contributed by atoms with Gasteiger partial charge in [0.25, 0.3) is 0 Å². The lowest BCUT2D eigenvalue weighted by Crippen LogP contribution is -2.37. The molecule has 0 saturated carbocycles. The number of anilines is 2. The van der Waals surface area contributed by atoms with Crippen molar-refractivity contribution in [2.24, 2.45) is 5.84 Å². The standard InChI is InChI=1S/C8H11BrF3N5O/c9-5-3-14-7(16-13)15-6(5)17(1-2-18)4-8(10,11)12/h3,18H,1-2,4,13H2,(H,14,15,16). The van der Waals surface area contributed by atoms with Crippen LogP contribution < -0.4 is 16.2 Å². The molecule has 0 atom stereocenters. The van der Waals surface area contributed by atoms with Crippen molar-refractivity contribution < 1.29 is 18.3 Å². The zero-order chi connectivity index (χ0) is 13.8. The summed E-state index contributed by atoms with van der Waals surface area (Å²) in [4.78, 5) is 8.43. The maximum atomic E-state index is 12.4. The van der Waals surface area contributed by atoms with E-state index in [-0.39, 0.29) is 22.8 Å². The van der Waals surface area contributed by atoms with E-state index in [0.29, 0.717) is 0 Å². The number of aromatic nitrogens is 2. The van der Waals surface area contributed by atoms with Crippen molar-refractivity contribution in [1.82, 2.24) is 9.97 Å². The summed E-state index contributed by atoms with van der Waals surface area (Å²) in [6, 6.07) is 0. The van der Waals surface area contributed by atoms with Gasteiger partial charge in [-0.25, -0.2) is 10.8 Å². The van der Waals surface area contributed by atoms with Gasteiger partial charge in [0.1, 0.15) is 12.4 Å². The molecule has 1 rings (SSSR count). The maximum Gasteiger partial charge on any atom is 0.405 e. The maximum absolute atomic E-state index is 12.4. The molecular weight excluding hydrogens is 319 g/mol. The summed E-state index contributed by atoms with van der Waals surface area (Å²) in [5.74, 6) is 5.08. The number of hydrogen-bond acceptors (Lipinski definition) is 6. The quantitative estimate of drug-likeness (QED) is 0.549. The molecule has 0 unspecified atom stereocenters. The Morgan fingerprint density at radius 1 is 1.50 bits per heavy atom. The van der Waals surface area contributed by atoms with Crippen LogP contribution in [0.5, 0.6) is 0 Å². The van der Waals surface area contributed by atoms with Gasteiger partial charge in [-0.1, -0.05) is 0 Å². The van der Waals surface area contributed by atoms with Crippen LogP contribution in [0.3, 0.4) is 0 Å². The Hall–Kier alpha value is -1.13. The highest BCUT2D eigenvalue weighted by Gasteiger charge is 2.32. The van der Waals surface area contributed by atoms with Gasteiger partial charge < -0.3 is 10.0 Å². The van der Waals surface area contributed by atoms with Crippen LogP contribution in [-0.4, -0.2) is 40.9 Å².